The lowest BCUT2D eigenvalue weighted by atomic mass is 9.94. The number of carbonyl (C=O) groups excluding carboxylic acids is 1. The summed E-state index contributed by atoms with van der Waals surface area (Å²) >= 11 is 0. The van der Waals surface area contributed by atoms with Gasteiger partial charge in [-0.1, -0.05) is 0 Å². The molecule has 110 valence electrons. The van der Waals surface area contributed by atoms with Crippen molar-refractivity contribution >= 4 is 5.91 Å². The van der Waals surface area contributed by atoms with Gasteiger partial charge in [0.15, 0.2) is 0 Å². The normalized spacial score (nSPS) is 29.2. The number of amides is 1. The molecule has 19 heavy (non-hydrogen) atoms. The van der Waals surface area contributed by atoms with Crippen LogP contribution in [0.4, 0.5) is 0 Å². The van der Waals surface area contributed by atoms with Crippen molar-refractivity contribution in [1.82, 2.24) is 9.80 Å². The highest BCUT2D eigenvalue weighted by Crippen LogP contribution is 2.26. The molecule has 0 aromatic heterocycles. The van der Waals surface area contributed by atoms with Gasteiger partial charge in [-0.05, 0) is 26.2 Å². The van der Waals surface area contributed by atoms with Crippen molar-refractivity contribution in [3.05, 3.63) is 0 Å². The molecule has 0 N–H and O–H groups in total. The van der Waals surface area contributed by atoms with E-state index >= 15 is 0 Å². The zero-order valence-corrected chi connectivity index (χ0v) is 12.2. The fourth-order valence-electron chi connectivity index (χ4n) is 2.72. The smallest absolute Gasteiger partial charge is 0.254 e. The number of morpholine rings is 1. The molecule has 0 saturated carbocycles. The third-order valence-corrected chi connectivity index (χ3v) is 4.12. The third kappa shape index (κ3) is 3.91. The second-order valence-corrected chi connectivity index (χ2v) is 5.72. The minimum atomic E-state index is -0.599. The molecule has 0 aliphatic carbocycles. The predicted molar refractivity (Wildman–Crippen MR) is 73.1 cm³/mol. The van der Waals surface area contributed by atoms with Crippen LogP contribution in [-0.4, -0.2) is 74.4 Å². The van der Waals surface area contributed by atoms with E-state index in [-0.39, 0.29) is 5.91 Å². The van der Waals surface area contributed by atoms with Crippen molar-refractivity contribution in [3.63, 3.8) is 0 Å². The summed E-state index contributed by atoms with van der Waals surface area (Å²) in [5, 5.41) is 0. The van der Waals surface area contributed by atoms with Crippen molar-refractivity contribution in [1.29, 1.82) is 0 Å². The van der Waals surface area contributed by atoms with Gasteiger partial charge in [0.1, 0.15) is 5.60 Å². The molecule has 0 aromatic rings. The number of rotatable bonds is 4. The quantitative estimate of drug-likeness (QED) is 0.755. The largest absolute Gasteiger partial charge is 0.379 e. The molecule has 0 spiro atoms. The Morgan fingerprint density at radius 1 is 1.26 bits per heavy atom. The van der Waals surface area contributed by atoms with E-state index in [4.69, 9.17) is 9.47 Å². The summed E-state index contributed by atoms with van der Waals surface area (Å²) in [5.41, 5.74) is -0.599. The van der Waals surface area contributed by atoms with Gasteiger partial charge in [-0.25, -0.2) is 0 Å². The summed E-state index contributed by atoms with van der Waals surface area (Å²) in [6.07, 6.45) is 2.99. The molecule has 2 saturated heterocycles. The number of hydrogen-bond acceptors (Lipinski definition) is 4. The first kappa shape index (κ1) is 14.8. The van der Waals surface area contributed by atoms with Crippen LogP contribution in [0.5, 0.6) is 0 Å². The van der Waals surface area contributed by atoms with Crippen LogP contribution in [0.25, 0.3) is 0 Å². The highest BCUT2D eigenvalue weighted by Gasteiger charge is 2.37. The maximum absolute atomic E-state index is 12.5. The van der Waals surface area contributed by atoms with Gasteiger partial charge >= 0.3 is 0 Å². The van der Waals surface area contributed by atoms with Crippen LogP contribution in [0.1, 0.15) is 26.2 Å². The van der Waals surface area contributed by atoms with E-state index in [0.717, 1.165) is 58.7 Å². The Hall–Kier alpha value is -0.650. The lowest BCUT2D eigenvalue weighted by molar-refractivity contribution is -0.160. The Morgan fingerprint density at radius 2 is 2.00 bits per heavy atom. The van der Waals surface area contributed by atoms with E-state index in [1.165, 1.54) is 0 Å². The van der Waals surface area contributed by atoms with Crippen molar-refractivity contribution in [2.75, 3.05) is 53.0 Å². The Labute approximate surface area is 115 Å². The van der Waals surface area contributed by atoms with Crippen molar-refractivity contribution in [2.24, 2.45) is 0 Å². The SMILES string of the molecule is CN(CCN1CCOCC1)C(=O)C1(C)CCCCO1. The van der Waals surface area contributed by atoms with Crippen LogP contribution in [0, 0.1) is 0 Å². The van der Waals surface area contributed by atoms with Gasteiger partial charge in [0, 0.05) is 39.8 Å². The molecule has 2 fully saturated rings. The van der Waals surface area contributed by atoms with E-state index < -0.39 is 5.60 Å². The van der Waals surface area contributed by atoms with Gasteiger partial charge in [0.05, 0.1) is 13.2 Å². The van der Waals surface area contributed by atoms with E-state index in [9.17, 15) is 4.79 Å². The van der Waals surface area contributed by atoms with Crippen LogP contribution >= 0.6 is 0 Å². The second kappa shape index (κ2) is 6.68. The third-order valence-electron chi connectivity index (χ3n) is 4.12. The molecule has 0 aromatic carbocycles. The summed E-state index contributed by atoms with van der Waals surface area (Å²) in [4.78, 5) is 16.6. The number of carbonyl (C=O) groups is 1. The molecule has 0 bridgehead atoms. The molecule has 5 heteroatoms. The molecular formula is C14H26N2O3. The van der Waals surface area contributed by atoms with E-state index in [2.05, 4.69) is 4.90 Å². The van der Waals surface area contributed by atoms with Gasteiger partial charge in [0.25, 0.3) is 5.91 Å². The molecular weight excluding hydrogens is 244 g/mol. The topological polar surface area (TPSA) is 42.0 Å². The summed E-state index contributed by atoms with van der Waals surface area (Å²) in [6.45, 7) is 7.86. The highest BCUT2D eigenvalue weighted by atomic mass is 16.5. The summed E-state index contributed by atoms with van der Waals surface area (Å²) in [6, 6.07) is 0. The first-order chi connectivity index (χ1) is 9.12. The Kier molecular flexibility index (Phi) is 5.19. The summed E-state index contributed by atoms with van der Waals surface area (Å²) < 4.78 is 11.0. The standard InChI is InChI=1S/C14H26N2O3/c1-14(5-3-4-10-19-14)13(17)15(2)6-7-16-8-11-18-12-9-16/h3-12H2,1-2H3. The lowest BCUT2D eigenvalue weighted by Crippen LogP contribution is -2.51. The zero-order chi connectivity index (χ0) is 13.7. The monoisotopic (exact) mass is 270 g/mol. The van der Waals surface area contributed by atoms with E-state index in [0.29, 0.717) is 6.61 Å². The van der Waals surface area contributed by atoms with Gasteiger partial charge < -0.3 is 14.4 Å². The average molecular weight is 270 g/mol. The molecule has 1 atom stereocenters. The molecule has 2 aliphatic rings. The zero-order valence-electron chi connectivity index (χ0n) is 12.2. The van der Waals surface area contributed by atoms with Crippen molar-refractivity contribution in [3.8, 4) is 0 Å². The molecule has 0 radical (unpaired) electrons. The summed E-state index contributed by atoms with van der Waals surface area (Å²) in [7, 11) is 1.88. The van der Waals surface area contributed by atoms with Crippen LogP contribution < -0.4 is 0 Å². The minimum absolute atomic E-state index is 0.125. The fraction of sp³-hybridized carbons (Fsp3) is 0.929. The fourth-order valence-corrected chi connectivity index (χ4v) is 2.72. The first-order valence-electron chi connectivity index (χ1n) is 7.31. The van der Waals surface area contributed by atoms with Crippen LogP contribution in [0.15, 0.2) is 0 Å². The van der Waals surface area contributed by atoms with Gasteiger partial charge in [0.2, 0.25) is 0 Å². The molecule has 2 aliphatic heterocycles. The molecule has 5 nitrogen and oxygen atoms in total. The maximum atomic E-state index is 12.5. The molecule has 1 unspecified atom stereocenters. The lowest BCUT2D eigenvalue weighted by Gasteiger charge is -2.36. The minimum Gasteiger partial charge on any atom is -0.379 e. The Morgan fingerprint density at radius 3 is 2.63 bits per heavy atom. The first-order valence-corrected chi connectivity index (χ1v) is 7.31. The van der Waals surface area contributed by atoms with Gasteiger partial charge in [-0.15, -0.1) is 0 Å². The highest BCUT2D eigenvalue weighted by molar-refractivity contribution is 5.84. The summed E-state index contributed by atoms with van der Waals surface area (Å²) in [5.74, 6) is 0.125. The van der Waals surface area contributed by atoms with Crippen molar-refractivity contribution < 1.29 is 14.3 Å². The Balaban J connectivity index is 1.78. The maximum Gasteiger partial charge on any atom is 0.254 e. The van der Waals surface area contributed by atoms with Gasteiger partial charge in [-0.2, -0.15) is 0 Å². The van der Waals surface area contributed by atoms with Crippen molar-refractivity contribution in [2.45, 2.75) is 31.8 Å². The number of nitrogens with zero attached hydrogens (tertiary/aromatic N) is 2. The predicted octanol–water partition coefficient (Wildman–Crippen LogP) is 0.736. The van der Waals surface area contributed by atoms with E-state index in [1.54, 1.807) is 0 Å². The molecule has 2 rings (SSSR count). The number of likely N-dealkylation sites (N-methyl/N-ethyl adjacent to an activating group) is 1. The van der Waals surface area contributed by atoms with Gasteiger partial charge in [-0.3, -0.25) is 9.69 Å². The van der Waals surface area contributed by atoms with Crippen LogP contribution in [0.2, 0.25) is 0 Å². The number of ether oxygens (including phenoxy) is 2. The molecule has 1 amide bonds. The Bertz CT molecular complexity index is 297. The van der Waals surface area contributed by atoms with Crippen LogP contribution in [-0.2, 0) is 14.3 Å². The second-order valence-electron chi connectivity index (χ2n) is 5.72. The number of hydrogen-bond donors (Lipinski definition) is 0. The van der Waals surface area contributed by atoms with Crippen LogP contribution in [0.3, 0.4) is 0 Å². The molecule has 2 heterocycles. The van der Waals surface area contributed by atoms with E-state index in [1.807, 2.05) is 18.9 Å². The average Bonchev–Trinajstić information content (AvgIpc) is 2.46.